The lowest BCUT2D eigenvalue weighted by Gasteiger charge is -2.05. The minimum absolute atomic E-state index is 0. The fourth-order valence-electron chi connectivity index (χ4n) is 3.04. The summed E-state index contributed by atoms with van der Waals surface area (Å²) in [5.74, 6) is 0.869. The number of imidazole rings is 1. The molecule has 0 saturated carbocycles. The Kier molecular flexibility index (Phi) is 5.64. The molecule has 0 spiro atoms. The van der Waals surface area contributed by atoms with Crippen LogP contribution in [0.2, 0.25) is 5.02 Å². The van der Waals surface area contributed by atoms with Gasteiger partial charge in [-0.15, -0.1) is 0 Å². The largest absolute Gasteiger partial charge is 1.00 e. The van der Waals surface area contributed by atoms with Crippen molar-refractivity contribution < 1.29 is 26.1 Å². The zero-order valence-electron chi connectivity index (χ0n) is 14.3. The molecule has 0 atom stereocenters. The Hall–Kier alpha value is -2.30. The second-order valence-electron chi connectivity index (χ2n) is 5.92. The number of rotatable bonds is 4. The maximum atomic E-state index is 6.05. The molecule has 0 N–H and O–H groups in total. The van der Waals surface area contributed by atoms with E-state index in [0.29, 0.717) is 0 Å². The van der Waals surface area contributed by atoms with Gasteiger partial charge in [-0.25, -0.2) is 8.97 Å². The number of methoxy groups -OCH3 is 1. The monoisotopic (exact) mass is 428 g/mol. The van der Waals surface area contributed by atoms with Gasteiger partial charge in [0.15, 0.2) is 5.69 Å². The van der Waals surface area contributed by atoms with Gasteiger partial charge in [-0.1, -0.05) is 29.8 Å². The van der Waals surface area contributed by atoms with E-state index in [2.05, 4.69) is 57.8 Å². The van der Waals surface area contributed by atoms with Crippen molar-refractivity contribution in [2.24, 2.45) is 0 Å². The smallest absolute Gasteiger partial charge is 0.286 e. The molecule has 132 valence electrons. The second-order valence-corrected chi connectivity index (χ2v) is 6.36. The molecule has 0 unspecified atom stereocenters. The zero-order valence-corrected chi connectivity index (χ0v) is 16.6. The topological polar surface area (TPSA) is 18.3 Å². The molecule has 0 amide bonds. The molecule has 0 aliphatic heterocycles. The van der Waals surface area contributed by atoms with Gasteiger partial charge in [-0.05, 0) is 48.0 Å². The normalized spacial score (nSPS) is 10.5. The van der Waals surface area contributed by atoms with Crippen LogP contribution in [0.25, 0.3) is 16.9 Å². The molecule has 4 rings (SSSR count). The van der Waals surface area contributed by atoms with Crippen LogP contribution in [0.15, 0.2) is 79.1 Å². The van der Waals surface area contributed by atoms with Crippen LogP contribution in [-0.4, -0.2) is 11.7 Å². The van der Waals surface area contributed by atoms with Crippen molar-refractivity contribution in [3.8, 4) is 17.0 Å². The summed E-state index contributed by atoms with van der Waals surface area (Å²) in [6.07, 6.45) is 4.22. The summed E-state index contributed by atoms with van der Waals surface area (Å²) in [6.45, 7) is 0.780. The van der Waals surface area contributed by atoms with Crippen LogP contribution in [0.1, 0.15) is 5.56 Å². The number of benzene rings is 2. The summed E-state index contributed by atoms with van der Waals surface area (Å²) in [5, 5.41) is 0.745. The molecule has 0 aliphatic rings. The third kappa shape index (κ3) is 3.62. The van der Waals surface area contributed by atoms with Crippen molar-refractivity contribution >= 4 is 17.2 Å². The van der Waals surface area contributed by atoms with Crippen LogP contribution in [0.3, 0.4) is 0 Å². The molecular formula is C21H18BrClN2O. The third-order valence-electron chi connectivity index (χ3n) is 4.34. The first-order valence-electron chi connectivity index (χ1n) is 8.13. The Morgan fingerprint density at radius 3 is 2.38 bits per heavy atom. The van der Waals surface area contributed by atoms with Gasteiger partial charge < -0.3 is 21.7 Å². The van der Waals surface area contributed by atoms with E-state index in [0.717, 1.165) is 34.2 Å². The SMILES string of the molecule is COc1ccc(Cn2c(-c3ccc(Cl)cc3)c[n+]3ccccc23)cc1.[Br-]. The lowest BCUT2D eigenvalue weighted by atomic mass is 10.1. The summed E-state index contributed by atoms with van der Waals surface area (Å²) >= 11 is 6.05. The van der Waals surface area contributed by atoms with Crippen molar-refractivity contribution in [2.75, 3.05) is 7.11 Å². The molecule has 3 nitrogen and oxygen atoms in total. The van der Waals surface area contributed by atoms with Crippen molar-refractivity contribution in [3.05, 3.63) is 89.7 Å². The standard InChI is InChI=1S/C21H18ClN2O.BrH/c1-25-19-11-5-16(6-12-19)14-24-20(17-7-9-18(22)10-8-17)15-23-13-3-2-4-21(23)24;/h2-13,15H,14H2,1H3;1H/q+1;/p-1. The fourth-order valence-corrected chi connectivity index (χ4v) is 3.17. The van der Waals surface area contributed by atoms with Gasteiger partial charge in [0.25, 0.3) is 5.65 Å². The van der Waals surface area contributed by atoms with E-state index < -0.39 is 0 Å². The first-order valence-corrected chi connectivity index (χ1v) is 8.51. The molecule has 2 heterocycles. The summed E-state index contributed by atoms with van der Waals surface area (Å²) in [6, 6.07) is 22.4. The first-order chi connectivity index (χ1) is 12.2. The highest BCUT2D eigenvalue weighted by Crippen LogP contribution is 2.24. The number of ether oxygens (including phenoxy) is 1. The molecule has 4 aromatic rings. The molecule has 5 heteroatoms. The molecule has 2 aromatic carbocycles. The van der Waals surface area contributed by atoms with E-state index in [4.69, 9.17) is 16.3 Å². The van der Waals surface area contributed by atoms with Crippen molar-refractivity contribution in [1.82, 2.24) is 4.57 Å². The van der Waals surface area contributed by atoms with Crippen LogP contribution in [-0.2, 0) is 6.54 Å². The van der Waals surface area contributed by atoms with Gasteiger partial charge in [-0.3, -0.25) is 0 Å². The molecule has 0 aliphatic carbocycles. The van der Waals surface area contributed by atoms with Gasteiger partial charge in [0, 0.05) is 16.7 Å². The van der Waals surface area contributed by atoms with Crippen LogP contribution in [0.4, 0.5) is 0 Å². The molecule has 0 fully saturated rings. The van der Waals surface area contributed by atoms with Crippen LogP contribution in [0.5, 0.6) is 5.75 Å². The van der Waals surface area contributed by atoms with Crippen molar-refractivity contribution in [1.29, 1.82) is 0 Å². The molecule has 0 bridgehead atoms. The number of hydrogen-bond acceptors (Lipinski definition) is 1. The Labute approximate surface area is 168 Å². The van der Waals surface area contributed by atoms with Gasteiger partial charge >= 0.3 is 0 Å². The van der Waals surface area contributed by atoms with E-state index >= 15 is 0 Å². The van der Waals surface area contributed by atoms with Gasteiger partial charge in [0.1, 0.15) is 18.5 Å². The van der Waals surface area contributed by atoms with E-state index in [-0.39, 0.29) is 17.0 Å². The summed E-state index contributed by atoms with van der Waals surface area (Å²) in [5.41, 5.74) is 4.65. The Morgan fingerprint density at radius 2 is 1.69 bits per heavy atom. The predicted octanol–water partition coefficient (Wildman–Crippen LogP) is 1.61. The highest BCUT2D eigenvalue weighted by atomic mass is 79.9. The van der Waals surface area contributed by atoms with E-state index in [9.17, 15) is 0 Å². The number of hydrogen-bond donors (Lipinski definition) is 0. The number of halogens is 2. The van der Waals surface area contributed by atoms with E-state index in [1.165, 1.54) is 5.56 Å². The quantitative estimate of drug-likeness (QED) is 0.451. The number of aromatic nitrogens is 2. The Bertz CT molecular complexity index is 1010. The summed E-state index contributed by atoms with van der Waals surface area (Å²) in [7, 11) is 1.68. The Morgan fingerprint density at radius 1 is 0.962 bits per heavy atom. The number of pyridine rings is 1. The summed E-state index contributed by atoms with van der Waals surface area (Å²) in [4.78, 5) is 0. The molecular weight excluding hydrogens is 412 g/mol. The van der Waals surface area contributed by atoms with Crippen molar-refractivity contribution in [3.63, 3.8) is 0 Å². The highest BCUT2D eigenvalue weighted by Gasteiger charge is 2.19. The minimum atomic E-state index is 0. The van der Waals surface area contributed by atoms with Gasteiger partial charge in [0.2, 0.25) is 0 Å². The van der Waals surface area contributed by atoms with Crippen LogP contribution >= 0.6 is 11.6 Å². The lowest BCUT2D eigenvalue weighted by molar-refractivity contribution is -0.510. The average Bonchev–Trinajstić information content (AvgIpc) is 3.02. The minimum Gasteiger partial charge on any atom is -1.00 e. The second kappa shape index (κ2) is 7.94. The highest BCUT2D eigenvalue weighted by molar-refractivity contribution is 6.30. The fraction of sp³-hybridized carbons (Fsp3) is 0.0952. The molecule has 0 saturated heterocycles. The summed E-state index contributed by atoms with van der Waals surface area (Å²) < 4.78 is 9.71. The van der Waals surface area contributed by atoms with Gasteiger partial charge in [-0.2, -0.15) is 0 Å². The number of nitrogens with zero attached hydrogens (tertiary/aromatic N) is 2. The molecule has 2 aromatic heterocycles. The van der Waals surface area contributed by atoms with E-state index in [1.807, 2.05) is 30.3 Å². The molecule has 0 radical (unpaired) electrons. The Balaban J connectivity index is 0.00000196. The maximum Gasteiger partial charge on any atom is 0.286 e. The third-order valence-corrected chi connectivity index (χ3v) is 4.59. The average molecular weight is 430 g/mol. The zero-order chi connectivity index (χ0) is 17.2. The maximum absolute atomic E-state index is 6.05. The van der Waals surface area contributed by atoms with Gasteiger partial charge in [0.05, 0.1) is 13.3 Å². The van der Waals surface area contributed by atoms with Crippen molar-refractivity contribution in [2.45, 2.75) is 6.54 Å². The van der Waals surface area contributed by atoms with E-state index in [1.54, 1.807) is 7.11 Å². The lowest BCUT2D eigenvalue weighted by Crippen LogP contribution is -3.00. The van der Waals surface area contributed by atoms with Crippen LogP contribution < -0.4 is 26.1 Å². The van der Waals surface area contributed by atoms with Crippen LogP contribution in [0, 0.1) is 0 Å². The first kappa shape index (κ1) is 18.5. The number of fused-ring (bicyclic) bond motifs is 1. The predicted molar refractivity (Wildman–Crippen MR) is 100 cm³/mol. The molecule has 26 heavy (non-hydrogen) atoms.